The summed E-state index contributed by atoms with van der Waals surface area (Å²) in [7, 11) is -1.18. The number of rotatable bonds is 6. The highest BCUT2D eigenvalue weighted by Gasteiger charge is 2.43. The summed E-state index contributed by atoms with van der Waals surface area (Å²) in [6, 6.07) is 20.3. The van der Waals surface area contributed by atoms with Crippen molar-refractivity contribution in [2.75, 3.05) is 19.0 Å². The molecular formula is C29H32Cl2N2O3S. The number of pyridine rings is 1. The van der Waals surface area contributed by atoms with E-state index in [1.165, 1.54) is 0 Å². The molecule has 5 rings (SSSR count). The van der Waals surface area contributed by atoms with Crippen molar-refractivity contribution in [2.45, 2.75) is 36.7 Å². The average Bonchev–Trinajstić information content (AvgIpc) is 3.75. The molecule has 2 aliphatic rings. The Morgan fingerprint density at radius 3 is 2.19 bits per heavy atom. The van der Waals surface area contributed by atoms with Gasteiger partial charge in [0.05, 0.1) is 23.4 Å². The molecule has 2 aromatic carbocycles. The molecule has 5 nitrogen and oxygen atoms in total. The smallest absolute Gasteiger partial charge is 0.249 e. The van der Waals surface area contributed by atoms with Crippen LogP contribution in [0.4, 0.5) is 0 Å². The van der Waals surface area contributed by atoms with Gasteiger partial charge < -0.3 is 9.64 Å². The first kappa shape index (κ1) is 29.1. The van der Waals surface area contributed by atoms with Crippen LogP contribution >= 0.6 is 23.2 Å². The number of carbonyl (C=O) groups is 1. The SMILES string of the molecule is C=CC.Clc1ccccc1.O=C1COCC(c2ccc(Cl)cc2)N1C(CS(=O)c1ccncc1)C1CC1. The Balaban J connectivity index is 0.000000321. The van der Waals surface area contributed by atoms with Gasteiger partial charge in [0.1, 0.15) is 6.61 Å². The summed E-state index contributed by atoms with van der Waals surface area (Å²) in [5, 5.41) is 1.45. The van der Waals surface area contributed by atoms with Gasteiger partial charge in [-0.15, -0.1) is 6.58 Å². The maximum atomic E-state index is 12.9. The molecular weight excluding hydrogens is 527 g/mol. The molecule has 3 atom stereocenters. The molecule has 2 fully saturated rings. The molecule has 196 valence electrons. The van der Waals surface area contributed by atoms with E-state index in [2.05, 4.69) is 11.6 Å². The minimum atomic E-state index is -1.18. The third-order valence-corrected chi connectivity index (χ3v) is 7.82. The Bertz CT molecular complexity index is 1140. The summed E-state index contributed by atoms with van der Waals surface area (Å²) in [5.41, 5.74) is 0.993. The van der Waals surface area contributed by atoms with E-state index in [4.69, 9.17) is 27.9 Å². The lowest BCUT2D eigenvalue weighted by Gasteiger charge is -2.41. The highest BCUT2D eigenvalue weighted by molar-refractivity contribution is 7.85. The van der Waals surface area contributed by atoms with Crippen LogP contribution in [0.3, 0.4) is 0 Å². The molecule has 1 saturated carbocycles. The van der Waals surface area contributed by atoms with E-state index in [1.54, 1.807) is 30.6 Å². The summed E-state index contributed by atoms with van der Waals surface area (Å²) in [6.07, 6.45) is 7.18. The number of halogens is 2. The zero-order valence-corrected chi connectivity index (χ0v) is 23.2. The number of carbonyl (C=O) groups excluding carboxylic acids is 1. The van der Waals surface area contributed by atoms with Gasteiger partial charge >= 0.3 is 0 Å². The molecule has 0 bridgehead atoms. The lowest BCUT2D eigenvalue weighted by Crippen LogP contribution is -2.52. The van der Waals surface area contributed by atoms with Crippen molar-refractivity contribution in [1.29, 1.82) is 0 Å². The summed E-state index contributed by atoms with van der Waals surface area (Å²) < 4.78 is 18.5. The van der Waals surface area contributed by atoms with Crippen molar-refractivity contribution in [3.05, 3.63) is 107 Å². The molecule has 37 heavy (non-hydrogen) atoms. The van der Waals surface area contributed by atoms with Gasteiger partial charge in [-0.1, -0.05) is 59.6 Å². The number of morpholine rings is 1. The maximum absolute atomic E-state index is 12.9. The Kier molecular flexibility index (Phi) is 11.8. The van der Waals surface area contributed by atoms with E-state index >= 15 is 0 Å². The number of ether oxygens (including phenoxy) is 1. The summed E-state index contributed by atoms with van der Waals surface area (Å²) in [6.45, 7) is 5.77. The van der Waals surface area contributed by atoms with E-state index in [0.29, 0.717) is 23.3 Å². The van der Waals surface area contributed by atoms with Crippen molar-refractivity contribution in [3.63, 3.8) is 0 Å². The van der Waals surface area contributed by atoms with Crippen LogP contribution in [0.2, 0.25) is 10.0 Å². The molecule has 0 spiro atoms. The Labute approximate surface area is 231 Å². The molecule has 1 aliphatic heterocycles. The van der Waals surface area contributed by atoms with E-state index in [-0.39, 0.29) is 24.6 Å². The fourth-order valence-corrected chi connectivity index (χ4v) is 5.66. The van der Waals surface area contributed by atoms with Crippen LogP contribution in [0.1, 0.15) is 31.4 Å². The summed E-state index contributed by atoms with van der Waals surface area (Å²) in [5.74, 6) is 0.794. The molecule has 0 radical (unpaired) electrons. The fourth-order valence-electron chi connectivity index (χ4n) is 4.02. The Hall–Kier alpha value is -2.51. The molecule has 0 N–H and O–H groups in total. The lowest BCUT2D eigenvalue weighted by atomic mass is 10.0. The Morgan fingerprint density at radius 1 is 1.05 bits per heavy atom. The van der Waals surface area contributed by atoms with Gasteiger partial charge in [0.2, 0.25) is 5.91 Å². The number of amides is 1. The largest absolute Gasteiger partial charge is 0.369 e. The van der Waals surface area contributed by atoms with E-state index < -0.39 is 10.8 Å². The number of allylic oxidation sites excluding steroid dienone is 1. The van der Waals surface area contributed by atoms with Gasteiger partial charge in [-0.3, -0.25) is 14.0 Å². The van der Waals surface area contributed by atoms with Crippen LogP contribution in [0, 0.1) is 5.92 Å². The number of hydrogen-bond acceptors (Lipinski definition) is 4. The first-order chi connectivity index (χ1) is 17.9. The predicted octanol–water partition coefficient (Wildman–Crippen LogP) is 6.75. The maximum Gasteiger partial charge on any atom is 0.249 e. The number of aromatic nitrogens is 1. The first-order valence-corrected chi connectivity index (χ1v) is 14.2. The minimum Gasteiger partial charge on any atom is -0.369 e. The topological polar surface area (TPSA) is 59.5 Å². The highest BCUT2D eigenvalue weighted by atomic mass is 35.5. The molecule has 8 heteroatoms. The standard InChI is InChI=1S/C20H21ClN2O3S.C6H5Cl.C3H6/c21-16-5-3-14(4-6-16)18-11-26-12-20(24)23(18)19(15-1-2-15)13-27(25)17-7-9-22-10-8-17;7-6-4-2-1-3-5-6;1-3-2/h3-10,15,18-19H,1-2,11-13H2;1-5H;3H,1H2,2H3. The molecule has 3 aromatic rings. The normalized spacial score (nSPS) is 18.4. The van der Waals surface area contributed by atoms with Gasteiger partial charge in [0.25, 0.3) is 0 Å². The van der Waals surface area contributed by atoms with Crippen LogP contribution in [-0.2, 0) is 20.3 Å². The highest BCUT2D eigenvalue weighted by Crippen LogP contribution is 2.40. The van der Waals surface area contributed by atoms with E-state index in [0.717, 1.165) is 28.3 Å². The zero-order valence-electron chi connectivity index (χ0n) is 20.8. The van der Waals surface area contributed by atoms with E-state index in [9.17, 15) is 9.00 Å². The van der Waals surface area contributed by atoms with Gasteiger partial charge in [0.15, 0.2) is 0 Å². The summed E-state index contributed by atoms with van der Waals surface area (Å²) in [4.78, 5) is 19.5. The van der Waals surface area contributed by atoms with Crippen molar-refractivity contribution < 1.29 is 13.7 Å². The van der Waals surface area contributed by atoms with Crippen LogP contribution in [0.25, 0.3) is 0 Å². The third-order valence-electron chi connectivity index (χ3n) is 5.87. The van der Waals surface area contributed by atoms with Gasteiger partial charge in [-0.2, -0.15) is 0 Å². The molecule has 1 aromatic heterocycles. The van der Waals surface area contributed by atoms with Crippen LogP contribution < -0.4 is 0 Å². The minimum absolute atomic E-state index is 0.0372. The second-order valence-corrected chi connectivity index (χ2v) is 11.1. The summed E-state index contributed by atoms with van der Waals surface area (Å²) >= 11 is 11.6. The second kappa shape index (κ2) is 15.0. The van der Waals surface area contributed by atoms with Gasteiger partial charge in [0, 0.05) is 39.1 Å². The average molecular weight is 560 g/mol. The first-order valence-electron chi connectivity index (χ1n) is 12.1. The number of hydrogen-bond donors (Lipinski definition) is 0. The Morgan fingerprint density at radius 2 is 1.65 bits per heavy atom. The number of benzene rings is 2. The van der Waals surface area contributed by atoms with E-state index in [1.807, 2.05) is 66.4 Å². The zero-order chi connectivity index (χ0) is 26.6. The van der Waals surface area contributed by atoms with Crippen LogP contribution in [-0.4, -0.2) is 45.0 Å². The number of nitrogens with zero attached hydrogens (tertiary/aromatic N) is 2. The van der Waals surface area contributed by atoms with Gasteiger partial charge in [-0.25, -0.2) is 0 Å². The quantitative estimate of drug-likeness (QED) is 0.314. The molecule has 1 aliphatic carbocycles. The van der Waals surface area contributed by atoms with Gasteiger partial charge in [-0.05, 0) is 67.6 Å². The molecule has 3 unspecified atom stereocenters. The third kappa shape index (κ3) is 9.08. The molecule has 2 heterocycles. The monoisotopic (exact) mass is 558 g/mol. The second-order valence-electron chi connectivity index (χ2n) is 8.69. The molecule has 1 amide bonds. The fraction of sp³-hybridized carbons (Fsp3) is 0.310. The van der Waals surface area contributed by atoms with Crippen molar-refractivity contribution in [3.8, 4) is 0 Å². The molecule has 1 saturated heterocycles. The van der Waals surface area contributed by atoms with Crippen molar-refractivity contribution in [2.24, 2.45) is 5.92 Å². The van der Waals surface area contributed by atoms with Crippen LogP contribution in [0.15, 0.2) is 96.7 Å². The lowest BCUT2D eigenvalue weighted by molar-refractivity contribution is -0.152. The van der Waals surface area contributed by atoms with Crippen molar-refractivity contribution >= 4 is 39.9 Å². The predicted molar refractivity (Wildman–Crippen MR) is 151 cm³/mol. The van der Waals surface area contributed by atoms with Crippen molar-refractivity contribution in [1.82, 2.24) is 9.88 Å². The van der Waals surface area contributed by atoms with Crippen LogP contribution in [0.5, 0.6) is 0 Å².